The third-order valence-electron chi connectivity index (χ3n) is 13.7. The Kier molecular flexibility index (Phi) is 14.4. The fourth-order valence-corrected chi connectivity index (χ4v) is 10.1. The van der Waals surface area contributed by atoms with Gasteiger partial charge in [0.25, 0.3) is 0 Å². The van der Waals surface area contributed by atoms with Gasteiger partial charge in [0, 0.05) is 74.9 Å². The number of unbranched alkanes of at least 4 members (excludes halogenated alkanes) is 6. The van der Waals surface area contributed by atoms with E-state index in [1.54, 1.807) is 11.1 Å². The minimum atomic E-state index is -0.731. The summed E-state index contributed by atoms with van der Waals surface area (Å²) in [5, 5.41) is 28.3. The lowest BCUT2D eigenvalue weighted by molar-refractivity contribution is -0.138. The molecule has 4 aliphatic heterocycles. The van der Waals surface area contributed by atoms with Crippen LogP contribution in [0.25, 0.3) is 32.9 Å². The number of carbonyl (C=O) groups excluding carboxylic acids is 2. The summed E-state index contributed by atoms with van der Waals surface area (Å²) in [7, 11) is 0. The maximum atomic E-state index is 17.0. The van der Waals surface area contributed by atoms with Gasteiger partial charge in [-0.25, -0.2) is 8.78 Å². The van der Waals surface area contributed by atoms with Crippen molar-refractivity contribution in [2.24, 2.45) is 5.41 Å². The highest BCUT2D eigenvalue weighted by Gasteiger charge is 2.38. The molecule has 13 nitrogen and oxygen atoms in total. The van der Waals surface area contributed by atoms with Crippen molar-refractivity contribution in [3.63, 3.8) is 0 Å². The number of piperidine rings is 1. The minimum absolute atomic E-state index is 0.0389. The van der Waals surface area contributed by atoms with Crippen molar-refractivity contribution in [1.29, 1.82) is 0 Å². The number of carbonyl (C=O) groups is 2. The normalized spacial score (nSPS) is 21.0. The Morgan fingerprint density at radius 3 is 2.34 bits per heavy atom. The molecular weight excluding hydrogens is 831 g/mol. The van der Waals surface area contributed by atoms with Gasteiger partial charge in [-0.05, 0) is 80.5 Å². The molecule has 0 radical (unpaired) electrons. The third-order valence-corrected chi connectivity index (χ3v) is 13.7. The Labute approximate surface area is 380 Å². The zero-order valence-electron chi connectivity index (χ0n) is 38.1. The zero-order valence-corrected chi connectivity index (χ0v) is 38.1. The van der Waals surface area contributed by atoms with Crippen LogP contribution >= 0.6 is 0 Å². The van der Waals surface area contributed by atoms with Crippen molar-refractivity contribution in [3.05, 3.63) is 47.7 Å². The van der Waals surface area contributed by atoms with Gasteiger partial charge in [-0.15, -0.1) is 6.42 Å². The Balaban J connectivity index is 0.829. The van der Waals surface area contributed by atoms with E-state index in [2.05, 4.69) is 36.3 Å². The van der Waals surface area contributed by atoms with Gasteiger partial charge in [-0.3, -0.25) is 14.6 Å². The maximum Gasteiger partial charge on any atom is 0.319 e. The summed E-state index contributed by atoms with van der Waals surface area (Å²) in [6.45, 7) is 10.9. The van der Waals surface area contributed by atoms with Crippen LogP contribution < -0.4 is 20.3 Å². The number of benzene rings is 2. The summed E-state index contributed by atoms with van der Waals surface area (Å²) in [4.78, 5) is 46.4. The molecule has 4 fully saturated rings. The zero-order chi connectivity index (χ0) is 45.8. The van der Waals surface area contributed by atoms with Crippen molar-refractivity contribution in [2.45, 2.75) is 135 Å². The van der Waals surface area contributed by atoms with Crippen molar-refractivity contribution < 1.29 is 33.3 Å². The molecule has 2 aromatic carbocycles. The summed E-state index contributed by atoms with van der Waals surface area (Å²) < 4.78 is 38.4. The number of pyridine rings is 1. The molecule has 6 heterocycles. The van der Waals surface area contributed by atoms with Crippen LogP contribution in [0, 0.1) is 29.4 Å². The first-order chi connectivity index (χ1) is 31.2. The fraction of sp³-hybridized carbons (Fsp3) is 0.580. The second kappa shape index (κ2) is 20.1. The molecule has 8 rings (SSSR count). The quantitative estimate of drug-likeness (QED) is 0.0691. The van der Waals surface area contributed by atoms with Crippen LogP contribution in [0.3, 0.4) is 0 Å². The van der Waals surface area contributed by atoms with Gasteiger partial charge in [0.05, 0.1) is 17.1 Å². The summed E-state index contributed by atoms with van der Waals surface area (Å²) in [6, 6.07) is 5.64. The topological polar surface area (TPSA) is 156 Å². The summed E-state index contributed by atoms with van der Waals surface area (Å²) in [5.74, 6) is 1.27. The summed E-state index contributed by atoms with van der Waals surface area (Å²) in [5.41, 5.74) is -0.363. The molecule has 2 bridgehead atoms. The smallest absolute Gasteiger partial charge is 0.319 e. The Morgan fingerprint density at radius 1 is 0.954 bits per heavy atom. The number of aliphatic hydroxyl groups is 1. The molecule has 4 N–H and O–H groups in total. The predicted octanol–water partition coefficient (Wildman–Crippen LogP) is 6.84. The van der Waals surface area contributed by atoms with Crippen LogP contribution in [0.2, 0.25) is 0 Å². The number of aromatic nitrogens is 3. The Morgan fingerprint density at radius 2 is 1.66 bits per heavy atom. The SMILES string of the molecule is C#Cc1c(F)ccc2cc(O)cc(-c3ncc4c(N5CC6CCC(C5)N6)nc(OC5CCN(CCCCCCCCCC(=O)NC(C(=O)N6CC[C@@H](O)C6)C(C)(C)C)CC5)nc4c3F)c12. The lowest BCUT2D eigenvalue weighted by Crippen LogP contribution is -2.54. The van der Waals surface area contributed by atoms with E-state index >= 15 is 4.39 Å². The number of phenols is 1. The van der Waals surface area contributed by atoms with Gasteiger partial charge in [0.15, 0.2) is 5.82 Å². The van der Waals surface area contributed by atoms with Crippen LogP contribution in [0.15, 0.2) is 30.5 Å². The number of likely N-dealkylation sites (tertiary alicyclic amines) is 2. The average Bonchev–Trinajstić information content (AvgIpc) is 3.87. The van der Waals surface area contributed by atoms with Gasteiger partial charge in [0.1, 0.15) is 40.7 Å². The van der Waals surface area contributed by atoms with E-state index in [1.807, 2.05) is 20.8 Å². The number of β-amino-alcohol motifs (C(OH)–C–C–N with tert-alkyl or cyclic N) is 1. The molecule has 4 aromatic rings. The molecule has 2 aromatic heterocycles. The number of halogens is 2. The van der Waals surface area contributed by atoms with E-state index in [0.717, 1.165) is 90.3 Å². The number of aromatic hydroxyl groups is 1. The standard InChI is InChI=1S/C50H64F2N8O5/c1-5-37-40(51)17-14-31-25-35(62)26-38(42(31)37)44-43(52)45-39(27-53-44)47(60-28-32-15-16-33(29-60)54-32)57-49(56-45)65-36-19-22-58(23-20-36)21-12-10-8-6-7-9-11-13-41(63)55-46(50(2,3)4)48(64)59-24-18-34(61)30-59/h1,14,17,25-27,32-34,36,46,54,61-62H,6-13,15-16,18-24,28-30H2,2-4H3,(H,55,63)/t32?,33?,34-,46?/m1/s1. The van der Waals surface area contributed by atoms with E-state index in [0.29, 0.717) is 67.7 Å². The number of anilines is 1. The van der Waals surface area contributed by atoms with Gasteiger partial charge < -0.3 is 40.3 Å². The molecule has 4 aliphatic rings. The van der Waals surface area contributed by atoms with E-state index in [-0.39, 0.29) is 57.4 Å². The molecule has 0 spiro atoms. The predicted molar refractivity (Wildman–Crippen MR) is 248 cm³/mol. The van der Waals surface area contributed by atoms with Crippen LogP contribution in [0.4, 0.5) is 14.6 Å². The molecule has 0 aliphatic carbocycles. The third kappa shape index (κ3) is 10.8. The first-order valence-corrected chi connectivity index (χ1v) is 23.7. The van der Waals surface area contributed by atoms with Crippen LogP contribution in [-0.4, -0.2) is 123 Å². The largest absolute Gasteiger partial charge is 0.508 e. The molecule has 65 heavy (non-hydrogen) atoms. The number of nitrogens with zero attached hydrogens (tertiary/aromatic N) is 6. The first kappa shape index (κ1) is 46.4. The van der Waals surface area contributed by atoms with E-state index in [1.165, 1.54) is 24.3 Å². The Bertz CT molecular complexity index is 2400. The van der Waals surface area contributed by atoms with Crippen LogP contribution in [0.5, 0.6) is 11.8 Å². The number of piperazine rings is 1. The summed E-state index contributed by atoms with van der Waals surface area (Å²) >= 11 is 0. The van der Waals surface area contributed by atoms with E-state index in [9.17, 15) is 24.2 Å². The van der Waals surface area contributed by atoms with Crippen molar-refractivity contribution in [3.8, 4) is 35.4 Å². The average molecular weight is 895 g/mol. The highest BCUT2D eigenvalue weighted by Crippen LogP contribution is 2.39. The lowest BCUT2D eigenvalue weighted by atomic mass is 9.85. The second-order valence-corrected chi connectivity index (χ2v) is 19.7. The number of terminal acetylenes is 1. The molecule has 4 saturated heterocycles. The highest BCUT2D eigenvalue weighted by molar-refractivity contribution is 6.03. The molecule has 3 unspecified atom stereocenters. The number of nitrogens with one attached hydrogen (secondary N) is 2. The number of ether oxygens (including phenoxy) is 1. The number of aliphatic hydroxyl groups excluding tert-OH is 1. The maximum absolute atomic E-state index is 17.0. The number of phenolic OH excluding ortho intramolecular Hbond substituents is 1. The summed E-state index contributed by atoms with van der Waals surface area (Å²) in [6.07, 6.45) is 18.7. The lowest BCUT2D eigenvalue weighted by Gasteiger charge is -2.35. The van der Waals surface area contributed by atoms with Crippen molar-refractivity contribution in [1.82, 2.24) is 35.4 Å². The minimum Gasteiger partial charge on any atom is -0.508 e. The molecular formula is C50H64F2N8O5. The highest BCUT2D eigenvalue weighted by atomic mass is 19.1. The molecule has 0 saturated carbocycles. The number of hydrogen-bond donors (Lipinski definition) is 4. The van der Waals surface area contributed by atoms with Crippen molar-refractivity contribution >= 4 is 39.3 Å². The number of rotatable bonds is 16. The second-order valence-electron chi connectivity index (χ2n) is 19.7. The molecule has 348 valence electrons. The fourth-order valence-electron chi connectivity index (χ4n) is 10.1. The van der Waals surface area contributed by atoms with E-state index < -0.39 is 29.2 Å². The van der Waals surface area contributed by atoms with E-state index in [4.69, 9.17) is 16.1 Å². The molecule has 2 amide bonds. The number of amides is 2. The van der Waals surface area contributed by atoms with Gasteiger partial charge in [0.2, 0.25) is 11.8 Å². The molecule has 4 atom stereocenters. The number of hydrogen-bond acceptors (Lipinski definition) is 11. The first-order valence-electron chi connectivity index (χ1n) is 23.7. The van der Waals surface area contributed by atoms with Gasteiger partial charge in [-0.2, -0.15) is 9.97 Å². The van der Waals surface area contributed by atoms with Crippen LogP contribution in [-0.2, 0) is 9.59 Å². The Hall–Kier alpha value is -5.17. The molecule has 15 heteroatoms. The number of fused-ring (bicyclic) bond motifs is 4. The van der Waals surface area contributed by atoms with Crippen molar-refractivity contribution in [2.75, 3.05) is 50.7 Å². The van der Waals surface area contributed by atoms with Gasteiger partial charge in [-0.1, -0.05) is 64.9 Å². The van der Waals surface area contributed by atoms with Gasteiger partial charge >= 0.3 is 6.01 Å². The monoisotopic (exact) mass is 894 g/mol. The van der Waals surface area contributed by atoms with Crippen LogP contribution in [0.1, 0.15) is 110 Å².